The Bertz CT molecular complexity index is 1320. The lowest BCUT2D eigenvalue weighted by atomic mass is 9.97. The Morgan fingerprint density at radius 2 is 1.79 bits per heavy atom. The molecule has 0 fully saturated rings. The minimum atomic E-state index is -3.73. The molecule has 8 heteroatoms. The van der Waals surface area contributed by atoms with Crippen LogP contribution in [0.5, 0.6) is 0 Å². The average Bonchev–Trinajstić information content (AvgIpc) is 3.23. The fourth-order valence-electron chi connectivity index (χ4n) is 2.92. The molecule has 0 aliphatic carbocycles. The number of rotatable bonds is 5. The van der Waals surface area contributed by atoms with Crippen molar-refractivity contribution in [2.45, 2.75) is 4.21 Å². The van der Waals surface area contributed by atoms with E-state index in [1.165, 1.54) is 12.1 Å². The number of benzene rings is 2. The number of sulfonamides is 1. The molecule has 0 unspecified atom stereocenters. The van der Waals surface area contributed by atoms with Crippen LogP contribution >= 0.6 is 11.3 Å². The van der Waals surface area contributed by atoms with Crippen LogP contribution in [-0.4, -0.2) is 14.7 Å². The number of carbonyl (C=O) groups is 1. The zero-order valence-corrected chi connectivity index (χ0v) is 15.9. The fraction of sp³-hybridized carbons (Fsp3) is 0. The summed E-state index contributed by atoms with van der Waals surface area (Å²) in [6, 6.07) is 16.8. The predicted molar refractivity (Wildman–Crippen MR) is 108 cm³/mol. The lowest BCUT2D eigenvalue weighted by Crippen LogP contribution is -2.12. The fourth-order valence-corrected chi connectivity index (χ4v) is 4.97. The van der Waals surface area contributed by atoms with Gasteiger partial charge in [0.25, 0.3) is 10.0 Å². The zero-order chi connectivity index (χ0) is 19.7. The summed E-state index contributed by atoms with van der Waals surface area (Å²) < 4.78 is 32.8. The molecule has 4 rings (SSSR count). The van der Waals surface area contributed by atoms with Crippen LogP contribution in [0, 0.1) is 0 Å². The van der Waals surface area contributed by atoms with Gasteiger partial charge in [0.05, 0.1) is 5.69 Å². The van der Waals surface area contributed by atoms with Crippen molar-refractivity contribution < 1.29 is 17.6 Å². The van der Waals surface area contributed by atoms with Gasteiger partial charge in [-0.1, -0.05) is 36.4 Å². The van der Waals surface area contributed by atoms with Gasteiger partial charge >= 0.3 is 5.63 Å². The first-order valence-corrected chi connectivity index (χ1v) is 10.5. The SMILES string of the molecule is O=Cc1c(-c2ccccc2)c2ccc(NS(=O)(=O)c3cccs3)cc2oc1=O. The molecule has 28 heavy (non-hydrogen) atoms. The van der Waals surface area contributed by atoms with Crippen LogP contribution in [0.4, 0.5) is 5.69 Å². The molecule has 0 spiro atoms. The molecule has 0 saturated carbocycles. The number of nitrogens with one attached hydrogen (secondary N) is 1. The highest BCUT2D eigenvalue weighted by Crippen LogP contribution is 2.32. The summed E-state index contributed by atoms with van der Waals surface area (Å²) in [7, 11) is -3.73. The van der Waals surface area contributed by atoms with E-state index in [0.717, 1.165) is 11.3 Å². The van der Waals surface area contributed by atoms with E-state index < -0.39 is 15.6 Å². The molecule has 2 aromatic heterocycles. The van der Waals surface area contributed by atoms with E-state index in [1.54, 1.807) is 47.8 Å². The molecule has 0 bridgehead atoms. The first-order valence-electron chi connectivity index (χ1n) is 8.17. The Hall–Kier alpha value is -3.23. The summed E-state index contributed by atoms with van der Waals surface area (Å²) in [5, 5.41) is 2.20. The summed E-state index contributed by atoms with van der Waals surface area (Å²) in [5.74, 6) is 0. The lowest BCUT2D eigenvalue weighted by molar-refractivity contribution is 0.112. The summed E-state index contributed by atoms with van der Waals surface area (Å²) in [6.07, 6.45) is 0.473. The molecule has 1 N–H and O–H groups in total. The monoisotopic (exact) mass is 411 g/mol. The highest BCUT2D eigenvalue weighted by atomic mass is 32.2. The normalized spacial score (nSPS) is 11.4. The third-order valence-electron chi connectivity index (χ3n) is 4.14. The summed E-state index contributed by atoms with van der Waals surface area (Å²) in [6.45, 7) is 0. The van der Waals surface area contributed by atoms with Gasteiger partial charge in [-0.3, -0.25) is 9.52 Å². The van der Waals surface area contributed by atoms with Crippen molar-refractivity contribution in [2.24, 2.45) is 0 Å². The average molecular weight is 411 g/mol. The first kappa shape index (κ1) is 18.1. The summed E-state index contributed by atoms with van der Waals surface area (Å²) in [5.41, 5.74) is 0.719. The van der Waals surface area contributed by atoms with Crippen molar-refractivity contribution >= 4 is 44.3 Å². The van der Waals surface area contributed by atoms with Crippen LogP contribution in [0.3, 0.4) is 0 Å². The Kier molecular flexibility index (Phi) is 4.58. The Morgan fingerprint density at radius 1 is 1.00 bits per heavy atom. The Morgan fingerprint density at radius 3 is 2.46 bits per heavy atom. The second-order valence-electron chi connectivity index (χ2n) is 5.91. The van der Waals surface area contributed by atoms with Crippen molar-refractivity contribution in [1.82, 2.24) is 0 Å². The topological polar surface area (TPSA) is 93.4 Å². The third-order valence-corrected chi connectivity index (χ3v) is 6.91. The van der Waals surface area contributed by atoms with Crippen molar-refractivity contribution in [3.8, 4) is 11.1 Å². The van der Waals surface area contributed by atoms with Crippen molar-refractivity contribution in [3.63, 3.8) is 0 Å². The van der Waals surface area contributed by atoms with Gasteiger partial charge in [0, 0.05) is 17.0 Å². The number of hydrogen-bond donors (Lipinski definition) is 1. The van der Waals surface area contributed by atoms with Crippen molar-refractivity contribution in [2.75, 3.05) is 4.72 Å². The van der Waals surface area contributed by atoms with E-state index in [9.17, 15) is 18.0 Å². The molecule has 0 amide bonds. The molecule has 4 aromatic rings. The van der Waals surface area contributed by atoms with E-state index in [0.29, 0.717) is 22.8 Å². The van der Waals surface area contributed by atoms with Gasteiger partial charge in [0.1, 0.15) is 15.4 Å². The quantitative estimate of drug-likeness (QED) is 0.394. The minimum absolute atomic E-state index is 0.0781. The molecular formula is C20H13NO5S2. The van der Waals surface area contributed by atoms with Crippen LogP contribution in [0.1, 0.15) is 10.4 Å². The number of thiophene rings is 1. The van der Waals surface area contributed by atoms with Crippen LogP contribution < -0.4 is 10.3 Å². The highest BCUT2D eigenvalue weighted by Gasteiger charge is 2.18. The molecule has 0 atom stereocenters. The molecule has 2 aromatic carbocycles. The molecule has 0 aliphatic rings. The van der Waals surface area contributed by atoms with Crippen molar-refractivity contribution in [1.29, 1.82) is 0 Å². The molecule has 140 valence electrons. The van der Waals surface area contributed by atoms with Crippen LogP contribution in [0.25, 0.3) is 22.1 Å². The van der Waals surface area contributed by atoms with Crippen molar-refractivity contribution in [3.05, 3.63) is 82.0 Å². The maximum atomic E-state index is 12.4. The summed E-state index contributed by atoms with van der Waals surface area (Å²) in [4.78, 5) is 23.8. The van der Waals surface area contributed by atoms with Gasteiger partial charge in [0.2, 0.25) is 0 Å². The number of anilines is 1. The molecule has 0 saturated heterocycles. The second-order valence-corrected chi connectivity index (χ2v) is 8.77. The lowest BCUT2D eigenvalue weighted by Gasteiger charge is -2.11. The van der Waals surface area contributed by atoms with Crippen LogP contribution in [0.15, 0.2) is 79.5 Å². The number of hydrogen-bond acceptors (Lipinski definition) is 6. The number of carbonyl (C=O) groups excluding carboxylic acids is 1. The Labute approximate surface area is 164 Å². The first-order chi connectivity index (χ1) is 13.5. The molecule has 6 nitrogen and oxygen atoms in total. The van der Waals surface area contributed by atoms with Crippen LogP contribution in [0.2, 0.25) is 0 Å². The van der Waals surface area contributed by atoms with Gasteiger partial charge < -0.3 is 4.42 Å². The highest BCUT2D eigenvalue weighted by molar-refractivity contribution is 7.94. The molecule has 2 heterocycles. The molecule has 0 aliphatic heterocycles. The number of aldehydes is 1. The van der Waals surface area contributed by atoms with E-state index in [1.807, 2.05) is 6.07 Å². The van der Waals surface area contributed by atoms with Gasteiger partial charge in [0.15, 0.2) is 6.29 Å². The van der Waals surface area contributed by atoms with E-state index in [-0.39, 0.29) is 21.0 Å². The second kappa shape index (κ2) is 7.06. The van der Waals surface area contributed by atoms with E-state index >= 15 is 0 Å². The standard InChI is InChI=1S/C20H13NO5S2/c22-12-16-19(13-5-2-1-3-6-13)15-9-8-14(11-17(15)26-20(16)23)21-28(24,25)18-7-4-10-27-18/h1-12,21H. The third kappa shape index (κ3) is 3.23. The molecule has 0 radical (unpaired) electrons. The van der Waals surface area contributed by atoms with Crippen LogP contribution in [-0.2, 0) is 10.0 Å². The van der Waals surface area contributed by atoms with Gasteiger partial charge in [-0.25, -0.2) is 13.2 Å². The Balaban J connectivity index is 1.88. The summed E-state index contributed by atoms with van der Waals surface area (Å²) >= 11 is 1.10. The van der Waals surface area contributed by atoms with Gasteiger partial charge in [-0.05, 0) is 29.1 Å². The smallest absolute Gasteiger partial charge is 0.347 e. The minimum Gasteiger partial charge on any atom is -0.422 e. The maximum Gasteiger partial charge on any atom is 0.347 e. The van der Waals surface area contributed by atoms with E-state index in [2.05, 4.69) is 4.72 Å². The zero-order valence-electron chi connectivity index (χ0n) is 14.3. The van der Waals surface area contributed by atoms with Gasteiger partial charge in [-0.15, -0.1) is 11.3 Å². The van der Waals surface area contributed by atoms with Gasteiger partial charge in [-0.2, -0.15) is 0 Å². The number of fused-ring (bicyclic) bond motifs is 1. The maximum absolute atomic E-state index is 12.4. The van der Waals surface area contributed by atoms with E-state index in [4.69, 9.17) is 4.42 Å². The predicted octanol–water partition coefficient (Wildman–Crippen LogP) is 4.13. The largest absolute Gasteiger partial charge is 0.422 e. The molecular weight excluding hydrogens is 398 g/mol.